The molecule has 3 aliphatic rings. The molecule has 4 heterocycles. The van der Waals surface area contributed by atoms with Gasteiger partial charge in [-0.15, -0.1) is 6.58 Å². The van der Waals surface area contributed by atoms with Gasteiger partial charge in [-0.1, -0.05) is 48.5 Å². The Bertz CT molecular complexity index is 1020. The first-order valence-electron chi connectivity index (χ1n) is 10.7. The van der Waals surface area contributed by atoms with Gasteiger partial charge in [0.2, 0.25) is 5.52 Å². The van der Waals surface area contributed by atoms with Crippen LogP contribution in [0.1, 0.15) is 30.1 Å². The summed E-state index contributed by atoms with van der Waals surface area (Å²) in [5, 5.41) is 12.6. The number of fused-ring (bicyclic) bond motifs is 4. The maximum absolute atomic E-state index is 11.4. The molecule has 148 valence electrons. The number of benzene rings is 2. The molecule has 1 N–H and O–H groups in total. The van der Waals surface area contributed by atoms with Crippen molar-refractivity contribution in [1.29, 1.82) is 0 Å². The van der Waals surface area contributed by atoms with Gasteiger partial charge in [0.1, 0.15) is 0 Å². The number of rotatable bonds is 5. The zero-order chi connectivity index (χ0) is 19.8. The Balaban J connectivity index is 1.48. The van der Waals surface area contributed by atoms with Gasteiger partial charge in [-0.2, -0.15) is 4.57 Å². The fraction of sp³-hybridized carbons (Fsp3) is 0.346. The van der Waals surface area contributed by atoms with E-state index in [9.17, 15) is 5.11 Å². The third-order valence-corrected chi connectivity index (χ3v) is 6.99. The summed E-state index contributed by atoms with van der Waals surface area (Å²) in [7, 11) is 0. The number of piperidine rings is 3. The molecule has 3 saturated heterocycles. The molecule has 3 fully saturated rings. The number of hydrogen-bond acceptors (Lipinski definition) is 2. The van der Waals surface area contributed by atoms with Crippen molar-refractivity contribution in [2.75, 3.05) is 13.1 Å². The van der Waals surface area contributed by atoms with Gasteiger partial charge in [0.05, 0.1) is 11.5 Å². The summed E-state index contributed by atoms with van der Waals surface area (Å²) >= 11 is 0. The van der Waals surface area contributed by atoms with Gasteiger partial charge in [0.15, 0.2) is 12.7 Å². The third kappa shape index (κ3) is 3.39. The lowest BCUT2D eigenvalue weighted by molar-refractivity contribution is -0.662. The smallest absolute Gasteiger partial charge is 0.213 e. The topological polar surface area (TPSA) is 27.3 Å². The van der Waals surface area contributed by atoms with E-state index in [-0.39, 0.29) is 6.04 Å². The number of para-hydroxylation sites is 1. The molecule has 0 radical (unpaired) electrons. The van der Waals surface area contributed by atoms with Crippen LogP contribution in [0.5, 0.6) is 0 Å². The largest absolute Gasteiger partial charge is 0.387 e. The molecular weight excluding hydrogens is 356 g/mol. The maximum atomic E-state index is 11.4. The Morgan fingerprint density at radius 3 is 2.66 bits per heavy atom. The molecule has 0 saturated carbocycles. The van der Waals surface area contributed by atoms with Crippen molar-refractivity contribution in [3.63, 3.8) is 0 Å². The van der Waals surface area contributed by atoms with Gasteiger partial charge in [-0.3, -0.25) is 4.90 Å². The molecule has 3 aliphatic heterocycles. The molecule has 0 spiro atoms. The van der Waals surface area contributed by atoms with Crippen LogP contribution >= 0.6 is 0 Å². The fourth-order valence-corrected chi connectivity index (χ4v) is 5.40. The lowest BCUT2D eigenvalue weighted by atomic mass is 9.73. The highest BCUT2D eigenvalue weighted by Crippen LogP contribution is 2.41. The molecule has 2 aromatic carbocycles. The highest BCUT2D eigenvalue weighted by molar-refractivity contribution is 5.79. The summed E-state index contributed by atoms with van der Waals surface area (Å²) < 4.78 is 2.28. The predicted molar refractivity (Wildman–Crippen MR) is 116 cm³/mol. The SMILES string of the molecule is C=C[C@@H]1CN2CC[C@H]1C[C@H]2[C@H](O)c1cc[n+](Cc2ccccc2)c2ccccc12. The second-order valence-electron chi connectivity index (χ2n) is 8.59. The minimum atomic E-state index is -0.458. The van der Waals surface area contributed by atoms with Crippen LogP contribution in [-0.4, -0.2) is 29.1 Å². The number of pyridine rings is 1. The van der Waals surface area contributed by atoms with Crippen molar-refractivity contribution < 1.29 is 9.67 Å². The molecule has 29 heavy (non-hydrogen) atoms. The average molecular weight is 386 g/mol. The normalized spacial score (nSPS) is 27.1. The Labute approximate surface area is 172 Å². The molecule has 3 aromatic rings. The minimum absolute atomic E-state index is 0.207. The van der Waals surface area contributed by atoms with Crippen LogP contribution in [0.4, 0.5) is 0 Å². The van der Waals surface area contributed by atoms with Crippen molar-refractivity contribution in [2.45, 2.75) is 31.5 Å². The molecule has 5 atom stereocenters. The van der Waals surface area contributed by atoms with E-state index in [1.54, 1.807) is 0 Å². The highest BCUT2D eigenvalue weighted by Gasteiger charge is 2.42. The molecule has 3 heteroatoms. The molecular formula is C26H29N2O+. The number of aromatic nitrogens is 1. The van der Waals surface area contributed by atoms with E-state index >= 15 is 0 Å². The van der Waals surface area contributed by atoms with E-state index in [4.69, 9.17) is 0 Å². The van der Waals surface area contributed by atoms with Crippen molar-refractivity contribution in [1.82, 2.24) is 4.90 Å². The summed E-state index contributed by atoms with van der Waals surface area (Å²) in [5.41, 5.74) is 3.51. The molecule has 0 amide bonds. The molecule has 0 aliphatic carbocycles. The van der Waals surface area contributed by atoms with Crippen molar-refractivity contribution in [3.8, 4) is 0 Å². The first kappa shape index (κ1) is 18.5. The summed E-state index contributed by atoms with van der Waals surface area (Å²) in [6.45, 7) is 6.98. The summed E-state index contributed by atoms with van der Waals surface area (Å²) in [5.74, 6) is 1.24. The number of hydrogen-bond donors (Lipinski definition) is 1. The van der Waals surface area contributed by atoms with Crippen LogP contribution < -0.4 is 4.57 Å². The monoisotopic (exact) mass is 385 g/mol. The van der Waals surface area contributed by atoms with Gasteiger partial charge in [-0.05, 0) is 37.3 Å². The maximum Gasteiger partial charge on any atom is 0.213 e. The average Bonchev–Trinajstić information content (AvgIpc) is 2.79. The predicted octanol–water partition coefficient (Wildman–Crippen LogP) is 4.11. The molecule has 1 unspecified atom stereocenters. The Morgan fingerprint density at radius 2 is 1.90 bits per heavy atom. The molecule has 2 bridgehead atoms. The lowest BCUT2D eigenvalue weighted by Crippen LogP contribution is -2.54. The Hall–Kier alpha value is -2.49. The van der Waals surface area contributed by atoms with Crippen LogP contribution in [0.15, 0.2) is 79.5 Å². The van der Waals surface area contributed by atoms with E-state index in [0.29, 0.717) is 11.8 Å². The van der Waals surface area contributed by atoms with Crippen LogP contribution in [0.25, 0.3) is 10.9 Å². The van der Waals surface area contributed by atoms with E-state index in [2.05, 4.69) is 89.0 Å². The summed E-state index contributed by atoms with van der Waals surface area (Å²) in [6.07, 6.45) is 6.08. The van der Waals surface area contributed by atoms with Gasteiger partial charge >= 0.3 is 0 Å². The molecule has 3 nitrogen and oxygen atoms in total. The number of aliphatic hydroxyl groups excluding tert-OH is 1. The lowest BCUT2D eigenvalue weighted by Gasteiger charge is -2.50. The first-order chi connectivity index (χ1) is 14.2. The standard InChI is InChI=1S/C26H29N2O/c1-2-20-18-28-14-12-21(20)16-25(28)26(29)23-13-15-27(17-19-8-4-3-5-9-19)24-11-7-6-10-22(23)24/h2-11,13,15,20-21,25-26,29H,1,12,14,16-18H2/q+1/t20-,21+,25+,26-/m1/s1. The van der Waals surface area contributed by atoms with Crippen molar-refractivity contribution in [2.24, 2.45) is 11.8 Å². The van der Waals surface area contributed by atoms with Crippen LogP contribution in [0, 0.1) is 11.8 Å². The Kier molecular flexibility index (Phi) is 4.94. The van der Waals surface area contributed by atoms with Crippen LogP contribution in [0.2, 0.25) is 0 Å². The van der Waals surface area contributed by atoms with Crippen molar-refractivity contribution >= 4 is 10.9 Å². The van der Waals surface area contributed by atoms with Gasteiger partial charge in [0.25, 0.3) is 0 Å². The quantitative estimate of drug-likeness (QED) is 0.529. The zero-order valence-corrected chi connectivity index (χ0v) is 16.8. The first-order valence-corrected chi connectivity index (χ1v) is 10.7. The van der Waals surface area contributed by atoms with Crippen molar-refractivity contribution in [3.05, 3.63) is 90.6 Å². The minimum Gasteiger partial charge on any atom is -0.387 e. The van der Waals surface area contributed by atoms with Gasteiger partial charge in [0, 0.05) is 35.8 Å². The Morgan fingerprint density at radius 1 is 1.10 bits per heavy atom. The second-order valence-corrected chi connectivity index (χ2v) is 8.59. The zero-order valence-electron chi connectivity index (χ0n) is 16.8. The van der Waals surface area contributed by atoms with Crippen LogP contribution in [-0.2, 0) is 6.54 Å². The van der Waals surface area contributed by atoms with E-state index < -0.39 is 6.10 Å². The van der Waals surface area contributed by atoms with Gasteiger partial charge in [-0.25, -0.2) is 0 Å². The second kappa shape index (κ2) is 7.74. The van der Waals surface area contributed by atoms with E-state index in [0.717, 1.165) is 37.0 Å². The third-order valence-electron chi connectivity index (χ3n) is 6.99. The van der Waals surface area contributed by atoms with Gasteiger partial charge < -0.3 is 5.11 Å². The van der Waals surface area contributed by atoms with E-state index in [1.165, 1.54) is 17.5 Å². The number of aliphatic hydroxyl groups is 1. The fourth-order valence-electron chi connectivity index (χ4n) is 5.40. The summed E-state index contributed by atoms with van der Waals surface area (Å²) in [4.78, 5) is 2.48. The van der Waals surface area contributed by atoms with Crippen LogP contribution in [0.3, 0.4) is 0 Å². The van der Waals surface area contributed by atoms with E-state index in [1.807, 2.05) is 0 Å². The molecule has 6 rings (SSSR count). The molecule has 1 aromatic heterocycles. The summed E-state index contributed by atoms with van der Waals surface area (Å²) in [6, 6.07) is 21.3. The number of nitrogens with zero attached hydrogens (tertiary/aromatic N) is 2. The highest BCUT2D eigenvalue weighted by atomic mass is 16.3.